The summed E-state index contributed by atoms with van der Waals surface area (Å²) in [6, 6.07) is 6.64. The molecule has 0 fully saturated rings. The van der Waals surface area contributed by atoms with Crippen LogP contribution in [-0.4, -0.2) is 0 Å². The van der Waals surface area contributed by atoms with Gasteiger partial charge in [0, 0.05) is 6.04 Å². The van der Waals surface area contributed by atoms with Crippen molar-refractivity contribution in [2.75, 3.05) is 0 Å². The monoisotopic (exact) mass is 245 g/mol. The predicted molar refractivity (Wildman–Crippen MR) is 81.0 cm³/mol. The molecule has 2 N–H and O–H groups in total. The summed E-state index contributed by atoms with van der Waals surface area (Å²) in [4.78, 5) is 0. The Labute approximate surface area is 112 Å². The molecule has 0 heterocycles. The van der Waals surface area contributed by atoms with Gasteiger partial charge in [-0.15, -0.1) is 6.58 Å². The minimum Gasteiger partial charge on any atom is -0.321 e. The van der Waals surface area contributed by atoms with Gasteiger partial charge >= 0.3 is 0 Å². The third kappa shape index (κ3) is 3.46. The van der Waals surface area contributed by atoms with Crippen LogP contribution in [0.25, 0.3) is 0 Å². The number of nitrogens with two attached hydrogens (primary N) is 1. The van der Waals surface area contributed by atoms with Gasteiger partial charge in [-0.3, -0.25) is 0 Å². The van der Waals surface area contributed by atoms with E-state index in [2.05, 4.69) is 66.3 Å². The summed E-state index contributed by atoms with van der Waals surface area (Å²) < 4.78 is 0. The molecule has 0 saturated carbocycles. The Hall–Kier alpha value is -1.08. The van der Waals surface area contributed by atoms with Gasteiger partial charge in [0.05, 0.1) is 0 Å². The molecule has 1 atom stereocenters. The largest absolute Gasteiger partial charge is 0.321 e. The summed E-state index contributed by atoms with van der Waals surface area (Å²) in [6.07, 6.45) is 1.80. The molecule has 1 heteroatoms. The third-order valence-corrected chi connectivity index (χ3v) is 3.33. The van der Waals surface area contributed by atoms with Gasteiger partial charge < -0.3 is 5.73 Å². The quantitative estimate of drug-likeness (QED) is 0.764. The van der Waals surface area contributed by atoms with Gasteiger partial charge in [0.25, 0.3) is 0 Å². The van der Waals surface area contributed by atoms with E-state index in [4.69, 9.17) is 5.73 Å². The molecule has 0 saturated heterocycles. The lowest BCUT2D eigenvalue weighted by molar-refractivity contribution is 0.566. The lowest BCUT2D eigenvalue weighted by atomic mass is 9.79. The van der Waals surface area contributed by atoms with Crippen LogP contribution in [0.4, 0.5) is 0 Å². The van der Waals surface area contributed by atoms with Crippen molar-refractivity contribution in [2.24, 2.45) is 5.73 Å². The first-order valence-electron chi connectivity index (χ1n) is 6.60. The van der Waals surface area contributed by atoms with Gasteiger partial charge in [-0.05, 0) is 27.5 Å². The molecule has 0 radical (unpaired) electrons. The van der Waals surface area contributed by atoms with Crippen molar-refractivity contribution in [3.63, 3.8) is 0 Å². The maximum atomic E-state index is 6.10. The SMILES string of the molecule is C=CC(N)c1cc(C(C)(C)C)cc(C(C)(C)C)c1. The Morgan fingerprint density at radius 3 is 1.61 bits per heavy atom. The van der Waals surface area contributed by atoms with Crippen molar-refractivity contribution in [1.29, 1.82) is 0 Å². The van der Waals surface area contributed by atoms with E-state index in [1.165, 1.54) is 11.1 Å². The number of rotatable bonds is 2. The van der Waals surface area contributed by atoms with Gasteiger partial charge in [-0.1, -0.05) is 65.8 Å². The fourth-order valence-corrected chi connectivity index (χ4v) is 1.85. The summed E-state index contributed by atoms with van der Waals surface area (Å²) in [5.41, 5.74) is 10.2. The summed E-state index contributed by atoms with van der Waals surface area (Å²) in [7, 11) is 0. The van der Waals surface area contributed by atoms with Crippen molar-refractivity contribution in [3.05, 3.63) is 47.5 Å². The summed E-state index contributed by atoms with van der Waals surface area (Å²) in [6.45, 7) is 17.2. The van der Waals surface area contributed by atoms with Gasteiger partial charge in [0.15, 0.2) is 0 Å². The molecular weight excluding hydrogens is 218 g/mol. The highest BCUT2D eigenvalue weighted by molar-refractivity contribution is 5.39. The van der Waals surface area contributed by atoms with Crippen molar-refractivity contribution in [1.82, 2.24) is 0 Å². The highest BCUT2D eigenvalue weighted by Crippen LogP contribution is 2.31. The highest BCUT2D eigenvalue weighted by atomic mass is 14.6. The molecule has 0 aliphatic heterocycles. The standard InChI is InChI=1S/C17H27N/c1-8-15(18)12-9-13(16(2,3)4)11-14(10-12)17(5,6)7/h8-11,15H,1,18H2,2-7H3. The minimum atomic E-state index is -0.0894. The highest BCUT2D eigenvalue weighted by Gasteiger charge is 2.21. The lowest BCUT2D eigenvalue weighted by Crippen LogP contribution is -2.18. The van der Waals surface area contributed by atoms with E-state index in [1.54, 1.807) is 6.08 Å². The van der Waals surface area contributed by atoms with E-state index in [0.717, 1.165) is 5.56 Å². The number of hydrogen-bond donors (Lipinski definition) is 1. The fourth-order valence-electron chi connectivity index (χ4n) is 1.85. The van der Waals surface area contributed by atoms with Gasteiger partial charge in [0.2, 0.25) is 0 Å². The second-order valence-electron chi connectivity index (χ2n) is 7.11. The molecule has 0 aliphatic carbocycles. The first-order chi connectivity index (χ1) is 8.05. The van der Waals surface area contributed by atoms with Crippen LogP contribution >= 0.6 is 0 Å². The van der Waals surface area contributed by atoms with Crippen LogP contribution in [0.1, 0.15) is 64.3 Å². The molecule has 1 rings (SSSR count). The van der Waals surface area contributed by atoms with Crippen LogP contribution in [0.3, 0.4) is 0 Å². The van der Waals surface area contributed by atoms with Gasteiger partial charge in [-0.25, -0.2) is 0 Å². The van der Waals surface area contributed by atoms with E-state index < -0.39 is 0 Å². The summed E-state index contributed by atoms with van der Waals surface area (Å²) in [5, 5.41) is 0. The Kier molecular flexibility index (Phi) is 4.07. The van der Waals surface area contributed by atoms with Crippen molar-refractivity contribution < 1.29 is 0 Å². The Morgan fingerprint density at radius 1 is 0.944 bits per heavy atom. The smallest absolute Gasteiger partial charge is 0.0478 e. The van der Waals surface area contributed by atoms with E-state index >= 15 is 0 Å². The molecular formula is C17H27N. The third-order valence-electron chi connectivity index (χ3n) is 3.33. The molecule has 18 heavy (non-hydrogen) atoms. The van der Waals surface area contributed by atoms with Gasteiger partial charge in [0.1, 0.15) is 0 Å². The van der Waals surface area contributed by atoms with Crippen LogP contribution in [0.15, 0.2) is 30.9 Å². The van der Waals surface area contributed by atoms with Gasteiger partial charge in [-0.2, -0.15) is 0 Å². The molecule has 1 aromatic carbocycles. The van der Waals surface area contributed by atoms with E-state index in [0.29, 0.717) is 0 Å². The molecule has 100 valence electrons. The van der Waals surface area contributed by atoms with Crippen LogP contribution < -0.4 is 5.73 Å². The number of hydrogen-bond acceptors (Lipinski definition) is 1. The van der Waals surface area contributed by atoms with E-state index in [1.807, 2.05) is 0 Å². The lowest BCUT2D eigenvalue weighted by Gasteiger charge is -2.27. The normalized spacial score (nSPS) is 14.4. The Balaban J connectivity index is 3.43. The maximum Gasteiger partial charge on any atom is 0.0478 e. The topological polar surface area (TPSA) is 26.0 Å². The molecule has 0 bridgehead atoms. The second kappa shape index (κ2) is 4.89. The van der Waals surface area contributed by atoms with Crippen molar-refractivity contribution in [3.8, 4) is 0 Å². The Morgan fingerprint density at radius 2 is 1.33 bits per heavy atom. The van der Waals surface area contributed by atoms with Crippen LogP contribution in [0.5, 0.6) is 0 Å². The number of benzene rings is 1. The molecule has 1 nitrogen and oxygen atoms in total. The second-order valence-corrected chi connectivity index (χ2v) is 7.11. The Bertz CT molecular complexity index is 398. The maximum absolute atomic E-state index is 6.10. The fraction of sp³-hybridized carbons (Fsp3) is 0.529. The first-order valence-corrected chi connectivity index (χ1v) is 6.60. The van der Waals surface area contributed by atoms with Crippen LogP contribution in [0, 0.1) is 0 Å². The zero-order valence-corrected chi connectivity index (χ0v) is 12.7. The molecule has 0 amide bonds. The van der Waals surface area contributed by atoms with Crippen LogP contribution in [0.2, 0.25) is 0 Å². The average Bonchev–Trinajstić information content (AvgIpc) is 2.25. The molecule has 0 aliphatic rings. The van der Waals surface area contributed by atoms with E-state index in [-0.39, 0.29) is 16.9 Å². The first kappa shape index (κ1) is 15.0. The summed E-state index contributed by atoms with van der Waals surface area (Å²) in [5.74, 6) is 0. The van der Waals surface area contributed by atoms with Crippen molar-refractivity contribution >= 4 is 0 Å². The molecule has 1 aromatic rings. The predicted octanol–water partition coefficient (Wildman–Crippen LogP) is 4.47. The zero-order chi connectivity index (χ0) is 14.1. The van der Waals surface area contributed by atoms with E-state index in [9.17, 15) is 0 Å². The zero-order valence-electron chi connectivity index (χ0n) is 12.7. The average molecular weight is 245 g/mol. The molecule has 0 spiro atoms. The summed E-state index contributed by atoms with van der Waals surface area (Å²) >= 11 is 0. The minimum absolute atomic E-state index is 0.0894. The van der Waals surface area contributed by atoms with Crippen LogP contribution in [-0.2, 0) is 10.8 Å². The molecule has 0 aromatic heterocycles. The van der Waals surface area contributed by atoms with Crippen molar-refractivity contribution in [2.45, 2.75) is 58.4 Å². The molecule has 1 unspecified atom stereocenters.